The first-order valence-electron chi connectivity index (χ1n) is 11.0. The zero-order valence-corrected chi connectivity index (χ0v) is 18.8. The van der Waals surface area contributed by atoms with E-state index in [0.29, 0.717) is 27.7 Å². The summed E-state index contributed by atoms with van der Waals surface area (Å²) in [5.41, 5.74) is -0.308. The van der Waals surface area contributed by atoms with Gasteiger partial charge in [0, 0.05) is 36.2 Å². The lowest BCUT2D eigenvalue weighted by Gasteiger charge is -2.31. The second-order valence-corrected chi connectivity index (χ2v) is 8.97. The van der Waals surface area contributed by atoms with E-state index in [2.05, 4.69) is 21.3 Å². The van der Waals surface area contributed by atoms with Crippen LogP contribution in [-0.4, -0.2) is 46.5 Å². The average Bonchev–Trinajstić information content (AvgIpc) is 3.48. The van der Waals surface area contributed by atoms with E-state index in [1.807, 2.05) is 0 Å². The minimum absolute atomic E-state index is 0.0383. The van der Waals surface area contributed by atoms with Crippen LogP contribution in [-0.2, 0) is 7.05 Å². The molecule has 0 bridgehead atoms. The molecule has 3 aromatic heterocycles. The molecule has 1 fully saturated rings. The Morgan fingerprint density at radius 3 is 2.75 bits per heavy atom. The van der Waals surface area contributed by atoms with E-state index in [0.717, 1.165) is 12.8 Å². The number of aliphatic hydroxyl groups excluding tert-OH is 1. The second-order valence-electron chi connectivity index (χ2n) is 8.97. The molecule has 0 saturated heterocycles. The van der Waals surface area contributed by atoms with E-state index >= 15 is 4.39 Å². The molecule has 2 aliphatic rings. The Morgan fingerprint density at radius 1 is 1.28 bits per heavy atom. The van der Waals surface area contributed by atoms with Crippen molar-refractivity contribution < 1.29 is 24.1 Å². The van der Waals surface area contributed by atoms with E-state index < -0.39 is 29.2 Å². The van der Waals surface area contributed by atoms with Gasteiger partial charge in [-0.2, -0.15) is 15.5 Å². The largest absolute Gasteiger partial charge is 0.485 e. The van der Waals surface area contributed by atoms with Crippen LogP contribution in [0.5, 0.6) is 5.75 Å². The molecular formula is C24H17FN6O5. The number of benzene rings is 1. The molecule has 1 aromatic carbocycles. The fourth-order valence-corrected chi connectivity index (χ4v) is 4.76. The Morgan fingerprint density at radius 2 is 2.06 bits per heavy atom. The lowest BCUT2D eigenvalue weighted by molar-refractivity contribution is 0.0511. The van der Waals surface area contributed by atoms with E-state index in [9.17, 15) is 20.0 Å². The second kappa shape index (κ2) is 7.43. The summed E-state index contributed by atoms with van der Waals surface area (Å²) in [4.78, 5) is 27.9. The molecule has 1 saturated carbocycles. The summed E-state index contributed by atoms with van der Waals surface area (Å²) in [6, 6.07) is 4.75. The Hall–Kier alpha value is -4.63. The molecule has 1 unspecified atom stereocenters. The maximum atomic E-state index is 15.6. The highest BCUT2D eigenvalue weighted by molar-refractivity contribution is 5.89. The Labute approximate surface area is 201 Å². The number of carboxylic acid groups (broad SMARTS) is 1. The van der Waals surface area contributed by atoms with Crippen molar-refractivity contribution >= 4 is 16.9 Å². The van der Waals surface area contributed by atoms with Gasteiger partial charge in [-0.15, -0.1) is 4.68 Å². The number of fused-ring (bicyclic) bond motifs is 2. The number of pyridine rings is 1. The molecule has 1 aliphatic carbocycles. The minimum atomic E-state index is -1.52. The highest BCUT2D eigenvalue weighted by atomic mass is 19.1. The summed E-state index contributed by atoms with van der Waals surface area (Å²) in [7, 11) is 1.59. The molecule has 4 aromatic rings. The van der Waals surface area contributed by atoms with Gasteiger partial charge in [-0.05, 0) is 25.0 Å². The molecule has 12 heteroatoms. The zero-order valence-electron chi connectivity index (χ0n) is 18.8. The number of aliphatic hydroxyl groups is 1. The van der Waals surface area contributed by atoms with Gasteiger partial charge in [0.15, 0.2) is 0 Å². The number of halogens is 1. The van der Waals surface area contributed by atoms with E-state index in [1.165, 1.54) is 35.4 Å². The van der Waals surface area contributed by atoms with Crippen molar-refractivity contribution in [3.05, 3.63) is 58.0 Å². The highest BCUT2D eigenvalue weighted by Crippen LogP contribution is 2.54. The molecule has 36 heavy (non-hydrogen) atoms. The lowest BCUT2D eigenvalue weighted by Crippen LogP contribution is -2.28. The summed E-state index contributed by atoms with van der Waals surface area (Å²) in [6.07, 6.45) is 3.27. The van der Waals surface area contributed by atoms with E-state index in [4.69, 9.17) is 9.84 Å². The number of nitriles is 1. The van der Waals surface area contributed by atoms with Crippen molar-refractivity contribution in [3.63, 3.8) is 0 Å². The third-order valence-corrected chi connectivity index (χ3v) is 6.73. The Kier molecular flexibility index (Phi) is 4.52. The third kappa shape index (κ3) is 3.10. The van der Waals surface area contributed by atoms with Crippen molar-refractivity contribution in [1.29, 1.82) is 5.26 Å². The molecular weight excluding hydrogens is 471 g/mol. The number of hydrogen-bond donors (Lipinski definition) is 2. The molecule has 180 valence electrons. The maximum Gasteiger partial charge on any atom is 0.435 e. The van der Waals surface area contributed by atoms with Crippen LogP contribution in [0.3, 0.4) is 0 Å². The van der Waals surface area contributed by atoms with Gasteiger partial charge in [0.05, 0.1) is 40.8 Å². The molecule has 2 N–H and O–H groups in total. The first kappa shape index (κ1) is 21.9. The molecule has 11 nitrogen and oxygen atoms in total. The zero-order chi connectivity index (χ0) is 25.4. The van der Waals surface area contributed by atoms with Crippen molar-refractivity contribution in [2.75, 3.05) is 0 Å². The first-order valence-corrected chi connectivity index (χ1v) is 11.0. The summed E-state index contributed by atoms with van der Waals surface area (Å²) in [6.45, 7) is 0. The highest BCUT2D eigenvalue weighted by Gasteiger charge is 2.51. The van der Waals surface area contributed by atoms with Gasteiger partial charge in [0.2, 0.25) is 0 Å². The maximum absolute atomic E-state index is 15.6. The number of nitrogens with zero attached hydrogens (tertiary/aromatic N) is 6. The van der Waals surface area contributed by atoms with E-state index in [-0.39, 0.29) is 33.5 Å². The fraction of sp³-hybridized carbons (Fsp3) is 0.250. The van der Waals surface area contributed by atoms with Crippen molar-refractivity contribution in [1.82, 2.24) is 24.5 Å². The predicted molar refractivity (Wildman–Crippen MR) is 122 cm³/mol. The summed E-state index contributed by atoms with van der Waals surface area (Å²) < 4.78 is 23.4. The van der Waals surface area contributed by atoms with Crippen molar-refractivity contribution in [3.8, 4) is 34.3 Å². The van der Waals surface area contributed by atoms with Crippen molar-refractivity contribution in [2.24, 2.45) is 7.05 Å². The molecule has 0 radical (unpaired) electrons. The number of rotatable bonds is 2. The molecule has 1 spiro atoms. The molecule has 1 atom stereocenters. The van der Waals surface area contributed by atoms with Crippen LogP contribution in [0.25, 0.3) is 33.3 Å². The quantitative estimate of drug-likeness (QED) is 0.433. The topological polar surface area (TPSA) is 156 Å². The number of hydrogen-bond acceptors (Lipinski definition) is 8. The molecule has 6 rings (SSSR count). The Bertz CT molecular complexity index is 1710. The van der Waals surface area contributed by atoms with Crippen LogP contribution in [0.4, 0.5) is 9.18 Å². The average molecular weight is 488 g/mol. The normalized spacial score (nSPS) is 17.4. The predicted octanol–water partition coefficient (Wildman–Crippen LogP) is 2.74. The molecule has 0 amide bonds. The first-order chi connectivity index (χ1) is 17.2. The summed E-state index contributed by atoms with van der Waals surface area (Å²) >= 11 is 0. The van der Waals surface area contributed by atoms with Crippen LogP contribution in [0.1, 0.15) is 36.5 Å². The standard InChI is InChI=1S/C24H17FN6O5/c1-30-20(19-13(7-26)21-12(5-16(19)25)18(32)6-24(36-21)2-3-24)15(10-28-30)17-4-11-8-29-31(23(34)35)22(33)14(11)9-27-17/h4-5,8-10,18,32H,2-3,6H2,1H3,(H,34,35). The molecule has 1 aliphatic heterocycles. The van der Waals surface area contributed by atoms with Gasteiger partial charge in [-0.25, -0.2) is 9.18 Å². The monoisotopic (exact) mass is 488 g/mol. The van der Waals surface area contributed by atoms with Crippen LogP contribution < -0.4 is 10.3 Å². The van der Waals surface area contributed by atoms with E-state index in [1.54, 1.807) is 7.05 Å². The van der Waals surface area contributed by atoms with Gasteiger partial charge < -0.3 is 14.9 Å². The van der Waals surface area contributed by atoms with Crippen molar-refractivity contribution in [2.45, 2.75) is 31.0 Å². The van der Waals surface area contributed by atoms with Crippen LogP contribution >= 0.6 is 0 Å². The summed E-state index contributed by atoms with van der Waals surface area (Å²) in [5, 5.41) is 38.0. The van der Waals surface area contributed by atoms with Gasteiger partial charge in [-0.3, -0.25) is 14.5 Å². The van der Waals surface area contributed by atoms with Gasteiger partial charge in [0.1, 0.15) is 28.8 Å². The molecule has 4 heterocycles. The SMILES string of the molecule is Cn1ncc(-c2cc3cnn(C(=O)O)c(=O)c3cn2)c1-c1c(F)cc2c(c1C#N)OC1(CC1)CC2O. The number of ether oxygens (including phenoxy) is 1. The minimum Gasteiger partial charge on any atom is -0.485 e. The van der Waals surface area contributed by atoms with Crippen LogP contribution in [0.2, 0.25) is 0 Å². The van der Waals surface area contributed by atoms with Crippen LogP contribution in [0, 0.1) is 17.1 Å². The third-order valence-electron chi connectivity index (χ3n) is 6.73. The lowest BCUT2D eigenvalue weighted by atomic mass is 9.90. The Balaban J connectivity index is 1.55. The van der Waals surface area contributed by atoms with Gasteiger partial charge in [0.25, 0.3) is 5.56 Å². The van der Waals surface area contributed by atoms with Gasteiger partial charge >= 0.3 is 6.09 Å². The van der Waals surface area contributed by atoms with Gasteiger partial charge in [-0.1, -0.05) is 0 Å². The summed E-state index contributed by atoms with van der Waals surface area (Å²) in [5.74, 6) is -0.557. The van der Waals surface area contributed by atoms with Crippen LogP contribution in [0.15, 0.2) is 35.5 Å². The number of aromatic nitrogens is 5. The smallest absolute Gasteiger partial charge is 0.435 e. The number of aryl methyl sites for hydroxylation is 1. The fourth-order valence-electron chi connectivity index (χ4n) is 4.76. The number of carbonyl (C=O) groups is 1.